The van der Waals surface area contributed by atoms with Gasteiger partial charge in [0.05, 0.1) is 11.4 Å². The third kappa shape index (κ3) is 2.87. The van der Waals surface area contributed by atoms with Crippen molar-refractivity contribution in [2.45, 2.75) is 6.18 Å². The second-order valence-electron chi connectivity index (χ2n) is 5.42. The fourth-order valence-corrected chi connectivity index (χ4v) is 2.52. The lowest BCUT2D eigenvalue weighted by Crippen LogP contribution is -2.06. The minimum Gasteiger partial charge on any atom is -0.318 e. The van der Waals surface area contributed by atoms with Gasteiger partial charge in [0.25, 0.3) is 0 Å². The van der Waals surface area contributed by atoms with Crippen LogP contribution in [0, 0.1) is 5.82 Å². The number of rotatable bonds is 2. The van der Waals surface area contributed by atoms with Crippen LogP contribution in [0.15, 0.2) is 48.8 Å². The highest BCUT2D eigenvalue weighted by Crippen LogP contribution is 2.32. The number of hydrogen-bond donors (Lipinski definition) is 1. The van der Waals surface area contributed by atoms with Gasteiger partial charge < -0.3 is 4.98 Å². The Morgan fingerprint density at radius 1 is 0.846 bits per heavy atom. The normalized spacial score (nSPS) is 11.8. The lowest BCUT2D eigenvalue weighted by atomic mass is 10.0. The molecule has 26 heavy (non-hydrogen) atoms. The molecule has 0 saturated heterocycles. The number of aromatic amines is 1. The number of halogens is 4. The molecule has 0 atom stereocenters. The molecule has 5 nitrogen and oxygen atoms in total. The zero-order valence-electron chi connectivity index (χ0n) is 12.9. The molecule has 0 spiro atoms. The Morgan fingerprint density at radius 2 is 1.58 bits per heavy atom. The predicted molar refractivity (Wildman–Crippen MR) is 85.3 cm³/mol. The van der Waals surface area contributed by atoms with Crippen molar-refractivity contribution < 1.29 is 17.6 Å². The molecule has 0 amide bonds. The van der Waals surface area contributed by atoms with E-state index in [0.29, 0.717) is 11.1 Å². The number of hydrogen-bond acceptors (Lipinski definition) is 4. The van der Waals surface area contributed by atoms with E-state index < -0.39 is 17.8 Å². The molecule has 4 aromatic rings. The highest BCUT2D eigenvalue weighted by Gasteiger charge is 2.35. The SMILES string of the molecule is Fc1cccc(-c2nc3[nH]c(C(F)(F)F)nc3nc2-c2ccncc2)c1. The van der Waals surface area contributed by atoms with Gasteiger partial charge in [0.15, 0.2) is 11.3 Å². The highest BCUT2D eigenvalue weighted by molar-refractivity contribution is 5.83. The van der Waals surface area contributed by atoms with E-state index in [0.717, 1.165) is 0 Å². The Kier molecular flexibility index (Phi) is 3.64. The standard InChI is InChI=1S/C17H9F4N5/c18-11-3-1-2-10(8-11)13-12(9-4-6-22-7-5-9)23-14-15(24-13)26-16(25-14)17(19,20)21/h1-8H,(H,23,24,25,26). The predicted octanol–water partition coefficient (Wildman–Crippen LogP) is 4.24. The molecule has 0 aliphatic carbocycles. The largest absolute Gasteiger partial charge is 0.449 e. The maximum atomic E-state index is 13.6. The van der Waals surface area contributed by atoms with Gasteiger partial charge in [-0.15, -0.1) is 0 Å². The number of nitrogens with zero attached hydrogens (tertiary/aromatic N) is 4. The van der Waals surface area contributed by atoms with Crippen LogP contribution >= 0.6 is 0 Å². The van der Waals surface area contributed by atoms with E-state index in [1.54, 1.807) is 18.2 Å². The van der Waals surface area contributed by atoms with Crippen molar-refractivity contribution in [1.82, 2.24) is 24.9 Å². The number of alkyl halides is 3. The number of benzene rings is 1. The number of fused-ring (bicyclic) bond motifs is 1. The Balaban J connectivity index is 2.01. The van der Waals surface area contributed by atoms with Crippen molar-refractivity contribution in [2.75, 3.05) is 0 Å². The van der Waals surface area contributed by atoms with Crippen molar-refractivity contribution in [1.29, 1.82) is 0 Å². The quantitative estimate of drug-likeness (QED) is 0.544. The molecule has 0 fully saturated rings. The molecule has 9 heteroatoms. The molecular formula is C17H9F4N5. The fraction of sp³-hybridized carbons (Fsp3) is 0.0588. The summed E-state index contributed by atoms with van der Waals surface area (Å²) in [6.07, 6.45) is -1.62. The lowest BCUT2D eigenvalue weighted by Gasteiger charge is -2.08. The minimum absolute atomic E-state index is 0.130. The third-order valence-corrected chi connectivity index (χ3v) is 3.65. The summed E-state index contributed by atoms with van der Waals surface area (Å²) in [6, 6.07) is 8.86. The van der Waals surface area contributed by atoms with Crippen molar-refractivity contribution in [2.24, 2.45) is 0 Å². The number of H-pyrrole nitrogens is 1. The van der Waals surface area contributed by atoms with E-state index in [2.05, 4.69) is 24.9 Å². The lowest BCUT2D eigenvalue weighted by molar-refractivity contribution is -0.144. The summed E-state index contributed by atoms with van der Waals surface area (Å²) in [6.45, 7) is 0. The third-order valence-electron chi connectivity index (χ3n) is 3.65. The van der Waals surface area contributed by atoms with Gasteiger partial charge in [0.1, 0.15) is 5.82 Å². The number of pyridine rings is 1. The maximum absolute atomic E-state index is 13.6. The van der Waals surface area contributed by atoms with Crippen LogP contribution < -0.4 is 0 Å². The van der Waals surface area contributed by atoms with Gasteiger partial charge in [0, 0.05) is 23.5 Å². The Bertz CT molecular complexity index is 1090. The molecule has 0 radical (unpaired) electrons. The van der Waals surface area contributed by atoms with Gasteiger partial charge in [-0.05, 0) is 24.3 Å². The second-order valence-corrected chi connectivity index (χ2v) is 5.42. The van der Waals surface area contributed by atoms with Gasteiger partial charge in [-0.3, -0.25) is 4.98 Å². The van der Waals surface area contributed by atoms with E-state index in [9.17, 15) is 17.6 Å². The maximum Gasteiger partial charge on any atom is 0.449 e. The van der Waals surface area contributed by atoms with Gasteiger partial charge in [-0.2, -0.15) is 13.2 Å². The topological polar surface area (TPSA) is 67.3 Å². The van der Waals surface area contributed by atoms with Crippen LogP contribution in [0.4, 0.5) is 17.6 Å². The van der Waals surface area contributed by atoms with Gasteiger partial charge in [-0.1, -0.05) is 12.1 Å². The van der Waals surface area contributed by atoms with Gasteiger partial charge >= 0.3 is 6.18 Å². The average Bonchev–Trinajstić information content (AvgIpc) is 3.05. The van der Waals surface area contributed by atoms with Crippen molar-refractivity contribution in [3.05, 3.63) is 60.4 Å². The molecule has 3 heterocycles. The Hall–Kier alpha value is -3.36. The first-order chi connectivity index (χ1) is 12.4. The minimum atomic E-state index is -4.65. The number of nitrogens with one attached hydrogen (secondary N) is 1. The van der Waals surface area contributed by atoms with Gasteiger partial charge in [0.2, 0.25) is 5.82 Å². The summed E-state index contributed by atoms with van der Waals surface area (Å²) in [5.41, 5.74) is 1.17. The molecule has 0 bridgehead atoms. The molecule has 3 aromatic heterocycles. The van der Waals surface area contributed by atoms with Crippen LogP contribution in [0.25, 0.3) is 33.8 Å². The molecule has 0 unspecified atom stereocenters. The average molecular weight is 359 g/mol. The van der Waals surface area contributed by atoms with Crippen LogP contribution in [0.2, 0.25) is 0 Å². The summed E-state index contributed by atoms with van der Waals surface area (Å²) in [4.78, 5) is 18.0. The van der Waals surface area contributed by atoms with E-state index in [-0.39, 0.29) is 22.7 Å². The van der Waals surface area contributed by atoms with Crippen molar-refractivity contribution in [3.63, 3.8) is 0 Å². The summed E-state index contributed by atoms with van der Waals surface area (Å²) < 4.78 is 52.4. The first-order valence-corrected chi connectivity index (χ1v) is 7.43. The second kappa shape index (κ2) is 5.87. The highest BCUT2D eigenvalue weighted by atomic mass is 19.4. The van der Waals surface area contributed by atoms with Crippen molar-refractivity contribution >= 4 is 11.3 Å². The molecule has 0 saturated carbocycles. The summed E-state index contributed by atoms with van der Waals surface area (Å²) >= 11 is 0. The number of aromatic nitrogens is 5. The van der Waals surface area contributed by atoms with Crippen LogP contribution in [-0.4, -0.2) is 24.9 Å². The Morgan fingerprint density at radius 3 is 2.27 bits per heavy atom. The van der Waals surface area contributed by atoms with E-state index in [1.165, 1.54) is 30.6 Å². The monoisotopic (exact) mass is 359 g/mol. The van der Waals surface area contributed by atoms with Crippen LogP contribution in [0.5, 0.6) is 0 Å². The molecule has 0 aliphatic heterocycles. The van der Waals surface area contributed by atoms with Crippen LogP contribution in [0.1, 0.15) is 5.82 Å². The fourth-order valence-electron chi connectivity index (χ4n) is 2.52. The summed E-state index contributed by atoms with van der Waals surface area (Å²) in [7, 11) is 0. The molecule has 1 aromatic carbocycles. The first kappa shape index (κ1) is 16.1. The Labute approximate surface area is 143 Å². The van der Waals surface area contributed by atoms with Crippen LogP contribution in [0.3, 0.4) is 0 Å². The molecule has 0 aliphatic rings. The molecule has 4 rings (SSSR count). The van der Waals surface area contributed by atoms with Crippen LogP contribution in [-0.2, 0) is 6.18 Å². The van der Waals surface area contributed by atoms with E-state index in [4.69, 9.17) is 0 Å². The van der Waals surface area contributed by atoms with Gasteiger partial charge in [-0.25, -0.2) is 19.3 Å². The summed E-state index contributed by atoms with van der Waals surface area (Å²) in [5.74, 6) is -1.68. The molecule has 1 N–H and O–H groups in total. The molecular weight excluding hydrogens is 350 g/mol. The first-order valence-electron chi connectivity index (χ1n) is 7.43. The molecule has 130 valence electrons. The van der Waals surface area contributed by atoms with Crippen molar-refractivity contribution in [3.8, 4) is 22.5 Å². The zero-order valence-corrected chi connectivity index (χ0v) is 12.9. The zero-order chi connectivity index (χ0) is 18.3. The number of imidazole rings is 1. The van der Waals surface area contributed by atoms with E-state index in [1.807, 2.05) is 0 Å². The smallest absolute Gasteiger partial charge is 0.318 e. The van der Waals surface area contributed by atoms with E-state index >= 15 is 0 Å². The summed E-state index contributed by atoms with van der Waals surface area (Å²) in [5, 5.41) is 0.